The Morgan fingerprint density at radius 2 is 1.77 bits per heavy atom. The Hall–Kier alpha value is -3.68. The fourth-order valence-corrected chi connectivity index (χ4v) is 7.87. The van der Waals surface area contributed by atoms with Crippen molar-refractivity contribution in [3.63, 3.8) is 0 Å². The number of sulfonamides is 1. The first-order valence-electron chi connectivity index (χ1n) is 12.6. The van der Waals surface area contributed by atoms with E-state index in [1.807, 2.05) is 43.0 Å². The summed E-state index contributed by atoms with van der Waals surface area (Å²) in [6.45, 7) is 6.95. The minimum atomic E-state index is -3.99. The van der Waals surface area contributed by atoms with E-state index in [2.05, 4.69) is 15.0 Å². The van der Waals surface area contributed by atoms with Gasteiger partial charge in [-0.2, -0.15) is 4.31 Å². The number of benzene rings is 1. The molecule has 0 spiro atoms. The van der Waals surface area contributed by atoms with Crippen molar-refractivity contribution >= 4 is 49.1 Å². The lowest BCUT2D eigenvalue weighted by Crippen LogP contribution is -2.49. The summed E-state index contributed by atoms with van der Waals surface area (Å²) < 4.78 is 30.2. The van der Waals surface area contributed by atoms with E-state index in [9.17, 15) is 18.0 Å². The number of anilines is 2. The van der Waals surface area contributed by atoms with Gasteiger partial charge in [0.05, 0.1) is 11.7 Å². The molecule has 1 fully saturated rings. The highest BCUT2D eigenvalue weighted by Gasteiger charge is 2.34. The van der Waals surface area contributed by atoms with E-state index in [0.717, 1.165) is 22.6 Å². The van der Waals surface area contributed by atoms with Crippen LogP contribution in [0.25, 0.3) is 10.2 Å². The number of carbonyl (C=O) groups is 1. The summed E-state index contributed by atoms with van der Waals surface area (Å²) in [5.41, 5.74) is 1.20. The average molecular weight is 568 g/mol. The van der Waals surface area contributed by atoms with E-state index in [-0.39, 0.29) is 35.8 Å². The van der Waals surface area contributed by atoms with Crippen LogP contribution in [0.4, 0.5) is 11.6 Å². The third kappa shape index (κ3) is 5.16. The molecule has 204 valence electrons. The third-order valence-corrected chi connectivity index (χ3v) is 9.92. The summed E-state index contributed by atoms with van der Waals surface area (Å²) in [5.74, 6) is 0.261. The second kappa shape index (κ2) is 10.8. The minimum absolute atomic E-state index is 0.0280. The zero-order chi connectivity index (χ0) is 27.7. The molecular formula is C26H29N7O4S2. The number of hydrogen-bond acceptors (Lipinski definition) is 9. The number of aryl methyl sites for hydroxylation is 2. The quantitative estimate of drug-likeness (QED) is 0.334. The molecule has 1 aromatic carbocycles. The summed E-state index contributed by atoms with van der Waals surface area (Å²) in [6, 6.07) is 9.29. The van der Waals surface area contributed by atoms with Crippen molar-refractivity contribution in [2.75, 3.05) is 42.5 Å². The molecule has 0 unspecified atom stereocenters. The Labute approximate surface area is 230 Å². The van der Waals surface area contributed by atoms with Crippen LogP contribution < -0.4 is 15.4 Å². The van der Waals surface area contributed by atoms with Gasteiger partial charge in [0.1, 0.15) is 16.3 Å². The predicted octanol–water partition coefficient (Wildman–Crippen LogP) is 2.43. The van der Waals surface area contributed by atoms with Gasteiger partial charge in [-0.1, -0.05) is 12.1 Å². The highest BCUT2D eigenvalue weighted by atomic mass is 32.2. The molecule has 0 aliphatic carbocycles. The van der Waals surface area contributed by atoms with Crippen molar-refractivity contribution in [3.8, 4) is 0 Å². The number of likely N-dealkylation sites (N-methyl/N-ethyl adjacent to an activating group) is 1. The summed E-state index contributed by atoms with van der Waals surface area (Å²) in [5, 5.41) is 0.0280. The monoisotopic (exact) mass is 567 g/mol. The van der Waals surface area contributed by atoms with Crippen molar-refractivity contribution in [3.05, 3.63) is 69.8 Å². The number of fused-ring (bicyclic) bond motifs is 1. The molecule has 5 rings (SSSR count). The molecule has 39 heavy (non-hydrogen) atoms. The topological polar surface area (TPSA) is 122 Å². The zero-order valence-electron chi connectivity index (χ0n) is 21.9. The number of amides is 1. The van der Waals surface area contributed by atoms with Gasteiger partial charge in [0.25, 0.3) is 5.56 Å². The van der Waals surface area contributed by atoms with Gasteiger partial charge < -0.3 is 9.80 Å². The Morgan fingerprint density at radius 1 is 1.05 bits per heavy atom. The molecular weight excluding hydrogens is 538 g/mol. The van der Waals surface area contributed by atoms with Gasteiger partial charge >= 0.3 is 0 Å². The summed E-state index contributed by atoms with van der Waals surface area (Å²) >= 11 is 1.16. The number of carbonyl (C=O) groups excluding carboxylic acids is 1. The second-order valence-electron chi connectivity index (χ2n) is 9.26. The molecule has 1 saturated heterocycles. The van der Waals surface area contributed by atoms with Crippen molar-refractivity contribution < 1.29 is 13.2 Å². The largest absolute Gasteiger partial charge is 0.338 e. The lowest BCUT2D eigenvalue weighted by Gasteiger charge is -2.33. The first kappa shape index (κ1) is 26.9. The van der Waals surface area contributed by atoms with E-state index < -0.39 is 15.6 Å². The van der Waals surface area contributed by atoms with E-state index in [1.165, 1.54) is 15.2 Å². The van der Waals surface area contributed by atoms with E-state index in [1.54, 1.807) is 30.3 Å². The van der Waals surface area contributed by atoms with Gasteiger partial charge in [0.15, 0.2) is 0 Å². The van der Waals surface area contributed by atoms with Crippen LogP contribution in [0, 0.1) is 13.8 Å². The minimum Gasteiger partial charge on any atom is -0.338 e. The van der Waals surface area contributed by atoms with Crippen LogP contribution in [0.3, 0.4) is 0 Å². The lowest BCUT2D eigenvalue weighted by atomic mass is 10.2. The fourth-order valence-electron chi connectivity index (χ4n) is 4.78. The molecule has 4 heterocycles. The average Bonchev–Trinajstić information content (AvgIpc) is 3.29. The Bertz CT molecular complexity index is 1680. The maximum absolute atomic E-state index is 13.8. The van der Waals surface area contributed by atoms with Crippen molar-refractivity contribution in [2.45, 2.75) is 32.2 Å². The lowest BCUT2D eigenvalue weighted by molar-refractivity contribution is -0.119. The first-order chi connectivity index (χ1) is 18.7. The Kier molecular flexibility index (Phi) is 7.47. The molecule has 0 radical (unpaired) electrons. The van der Waals surface area contributed by atoms with Gasteiger partial charge in [-0.25, -0.2) is 23.4 Å². The summed E-state index contributed by atoms with van der Waals surface area (Å²) in [4.78, 5) is 44.0. The van der Waals surface area contributed by atoms with Crippen LogP contribution in [0.15, 0.2) is 58.7 Å². The number of nitrogens with zero attached hydrogens (tertiary/aromatic N) is 7. The van der Waals surface area contributed by atoms with Gasteiger partial charge in [0, 0.05) is 55.7 Å². The SMILES string of the molecule is CCN(C(=O)Cn1cnc2sc(C)c(S(=O)(=O)N3CCN(c4ncccn4)CC3)c2c1=O)c1cccc(C)c1. The molecule has 1 aliphatic rings. The van der Waals surface area contributed by atoms with Crippen molar-refractivity contribution in [1.29, 1.82) is 0 Å². The number of aromatic nitrogens is 4. The molecule has 1 aliphatic heterocycles. The highest BCUT2D eigenvalue weighted by molar-refractivity contribution is 7.89. The van der Waals surface area contributed by atoms with Crippen molar-refractivity contribution in [1.82, 2.24) is 23.8 Å². The van der Waals surface area contributed by atoms with Gasteiger partial charge in [-0.15, -0.1) is 11.3 Å². The molecule has 0 bridgehead atoms. The maximum Gasteiger partial charge on any atom is 0.263 e. The maximum atomic E-state index is 13.8. The molecule has 4 aromatic rings. The van der Waals surface area contributed by atoms with Crippen LogP contribution in [0.2, 0.25) is 0 Å². The number of hydrogen-bond donors (Lipinski definition) is 0. The zero-order valence-corrected chi connectivity index (χ0v) is 23.6. The molecule has 0 atom stereocenters. The van der Waals surface area contributed by atoms with Crippen LogP contribution >= 0.6 is 11.3 Å². The normalized spacial score (nSPS) is 14.6. The van der Waals surface area contributed by atoms with Crippen LogP contribution in [-0.2, 0) is 21.4 Å². The summed E-state index contributed by atoms with van der Waals surface area (Å²) in [7, 11) is -3.99. The van der Waals surface area contributed by atoms with E-state index in [4.69, 9.17) is 0 Å². The second-order valence-corrected chi connectivity index (χ2v) is 12.3. The van der Waals surface area contributed by atoms with Crippen molar-refractivity contribution in [2.24, 2.45) is 0 Å². The first-order valence-corrected chi connectivity index (χ1v) is 14.8. The summed E-state index contributed by atoms with van der Waals surface area (Å²) in [6.07, 6.45) is 4.61. The Balaban J connectivity index is 1.43. The van der Waals surface area contributed by atoms with Gasteiger partial charge in [-0.3, -0.25) is 14.2 Å². The number of piperazine rings is 1. The molecule has 3 aromatic heterocycles. The molecule has 11 nitrogen and oxygen atoms in total. The third-order valence-electron chi connectivity index (χ3n) is 6.71. The number of thiophene rings is 1. The number of rotatable bonds is 7. The fraction of sp³-hybridized carbons (Fsp3) is 0.346. The van der Waals surface area contributed by atoms with Crippen LogP contribution in [0.1, 0.15) is 17.4 Å². The molecule has 0 N–H and O–H groups in total. The predicted molar refractivity (Wildman–Crippen MR) is 151 cm³/mol. The smallest absolute Gasteiger partial charge is 0.263 e. The molecule has 0 saturated carbocycles. The Morgan fingerprint density at radius 3 is 2.44 bits per heavy atom. The molecule has 13 heteroatoms. The van der Waals surface area contributed by atoms with Crippen LogP contribution in [0.5, 0.6) is 0 Å². The highest BCUT2D eigenvalue weighted by Crippen LogP contribution is 2.33. The van der Waals surface area contributed by atoms with E-state index in [0.29, 0.717) is 35.3 Å². The standard InChI is InChI=1S/C26H29N7O4S2/c1-4-33(20-8-5-7-18(2)15-20)21(34)16-31-17-29-24-22(25(31)35)23(19(3)38-24)39(36,37)32-13-11-30(12-14-32)26-27-9-6-10-28-26/h5-10,15,17H,4,11-14,16H2,1-3H3. The van der Waals surface area contributed by atoms with Gasteiger partial charge in [-0.05, 0) is 44.5 Å². The van der Waals surface area contributed by atoms with E-state index >= 15 is 0 Å². The van der Waals surface area contributed by atoms with Gasteiger partial charge in [0.2, 0.25) is 21.9 Å². The molecule has 1 amide bonds. The van der Waals surface area contributed by atoms with Crippen LogP contribution in [-0.4, -0.2) is 70.9 Å².